The highest BCUT2D eigenvalue weighted by Gasteiger charge is 2.61. The highest BCUT2D eigenvalue weighted by Crippen LogP contribution is 2.53. The molecule has 8 heteroatoms. The number of methoxy groups -OCH3 is 1. The molecule has 92 valence electrons. The maximum atomic E-state index is 11.4. The summed E-state index contributed by atoms with van der Waals surface area (Å²) in [6.45, 7) is 1.60. The first-order valence-electron chi connectivity index (χ1n) is 5.15. The first-order chi connectivity index (χ1) is 7.38. The highest BCUT2D eigenvalue weighted by molar-refractivity contribution is 8.00. The second-order valence-electron chi connectivity index (χ2n) is 4.43. The van der Waals surface area contributed by atoms with E-state index in [4.69, 9.17) is 14.0 Å². The number of ether oxygens (including phenoxy) is 2. The van der Waals surface area contributed by atoms with E-state index in [2.05, 4.69) is 0 Å². The molecule has 0 spiro atoms. The fourth-order valence-electron chi connectivity index (χ4n) is 2.40. The molecule has 0 aromatic carbocycles. The molecule has 2 aliphatic heterocycles. The number of rotatable bonds is 4. The van der Waals surface area contributed by atoms with Crippen LogP contribution in [0.15, 0.2) is 0 Å². The van der Waals surface area contributed by atoms with Gasteiger partial charge in [0.15, 0.2) is 0 Å². The number of thioether (sulfide) groups is 1. The van der Waals surface area contributed by atoms with E-state index in [-0.39, 0.29) is 17.4 Å². The molecule has 2 unspecified atom stereocenters. The van der Waals surface area contributed by atoms with E-state index < -0.39 is 13.2 Å². The lowest BCUT2D eigenvalue weighted by Crippen LogP contribution is -2.45. The van der Waals surface area contributed by atoms with Crippen molar-refractivity contribution >= 4 is 27.2 Å². The Kier molecular flexibility index (Phi) is 3.48. The molecule has 16 heavy (non-hydrogen) atoms. The Balaban J connectivity index is 2.19. The van der Waals surface area contributed by atoms with Crippen molar-refractivity contribution in [2.24, 2.45) is 0 Å². The number of hydrogen-bond donors (Lipinski definition) is 1. The van der Waals surface area contributed by atoms with Crippen molar-refractivity contribution < 1.29 is 23.5 Å². The maximum Gasteiger partial charge on any atom is 0.325 e. The second-order valence-corrected chi connectivity index (χ2v) is 7.41. The van der Waals surface area contributed by atoms with Crippen LogP contribution in [0.1, 0.15) is 0 Å². The molecule has 1 N–H and O–H groups in total. The largest absolute Gasteiger partial charge is 0.382 e. The molecule has 2 rings (SSSR count). The SMILES string of the molecule is B[C@@H]1O[C@@]2(COC)CSC1[C@H]2OP(C)(=O)O. The summed E-state index contributed by atoms with van der Waals surface area (Å²) in [7, 11) is 0.0675. The standard InChI is InChI=1S/C8H16BO5PS/c1-12-3-8-4-16-5(7(9)13-8)6(8)14-15(2,10)11/h5-7H,3-4,9H2,1-2H3,(H,10,11)/t5?,6-,7-,8+/m1/s1. The minimum Gasteiger partial charge on any atom is -0.382 e. The van der Waals surface area contributed by atoms with Gasteiger partial charge in [-0.25, -0.2) is 0 Å². The monoisotopic (exact) mass is 266 g/mol. The highest BCUT2D eigenvalue weighted by atomic mass is 32.2. The van der Waals surface area contributed by atoms with Gasteiger partial charge in [0.05, 0.1) is 11.9 Å². The van der Waals surface area contributed by atoms with Gasteiger partial charge < -0.3 is 18.9 Å². The molecular formula is C8H16BO5PS. The van der Waals surface area contributed by atoms with E-state index in [1.54, 1.807) is 18.9 Å². The zero-order valence-electron chi connectivity index (χ0n) is 9.58. The Labute approximate surface area is 100 Å². The van der Waals surface area contributed by atoms with Crippen molar-refractivity contribution in [3.8, 4) is 0 Å². The van der Waals surface area contributed by atoms with Crippen LogP contribution in [0.4, 0.5) is 0 Å². The van der Waals surface area contributed by atoms with Crippen molar-refractivity contribution in [2.75, 3.05) is 26.1 Å². The predicted octanol–water partition coefficient (Wildman–Crippen LogP) is -0.323. The van der Waals surface area contributed by atoms with Crippen LogP contribution >= 0.6 is 19.4 Å². The van der Waals surface area contributed by atoms with Crippen molar-refractivity contribution in [3.63, 3.8) is 0 Å². The van der Waals surface area contributed by atoms with Crippen molar-refractivity contribution in [1.29, 1.82) is 0 Å². The zero-order valence-corrected chi connectivity index (χ0v) is 11.3. The molecule has 0 aromatic heterocycles. The van der Waals surface area contributed by atoms with Crippen LogP contribution in [0.2, 0.25) is 0 Å². The third-order valence-electron chi connectivity index (χ3n) is 2.92. The van der Waals surface area contributed by atoms with Gasteiger partial charge in [-0.2, -0.15) is 11.8 Å². The van der Waals surface area contributed by atoms with E-state index in [0.29, 0.717) is 6.61 Å². The van der Waals surface area contributed by atoms with Gasteiger partial charge in [-0.05, 0) is 0 Å². The summed E-state index contributed by atoms with van der Waals surface area (Å²) in [5, 5.41) is 0.121. The Morgan fingerprint density at radius 3 is 2.94 bits per heavy atom. The summed E-state index contributed by atoms with van der Waals surface area (Å²) in [5.41, 5.74) is -0.558. The fraction of sp³-hybridized carbons (Fsp3) is 1.00. The van der Waals surface area contributed by atoms with E-state index in [0.717, 1.165) is 5.75 Å². The summed E-state index contributed by atoms with van der Waals surface area (Å²) in [6.07, 6.45) is -0.353. The lowest BCUT2D eigenvalue weighted by molar-refractivity contribution is -0.0835. The number of fused-ring (bicyclic) bond motifs is 2. The summed E-state index contributed by atoms with van der Waals surface area (Å²) in [5.74, 6) is 0.751. The normalized spacial score (nSPS) is 45.8. The molecule has 2 bridgehead atoms. The summed E-state index contributed by atoms with van der Waals surface area (Å²) >= 11 is 1.73. The molecular weight excluding hydrogens is 250 g/mol. The van der Waals surface area contributed by atoms with Crippen LogP contribution in [0.25, 0.3) is 0 Å². The van der Waals surface area contributed by atoms with Crippen LogP contribution in [0, 0.1) is 0 Å². The average molecular weight is 266 g/mol. The fourth-order valence-corrected chi connectivity index (χ4v) is 4.82. The molecule has 0 aliphatic carbocycles. The zero-order chi connectivity index (χ0) is 12.0. The number of hydrogen-bond acceptors (Lipinski definition) is 5. The molecule has 0 saturated carbocycles. The predicted molar refractivity (Wildman–Crippen MR) is 64.9 cm³/mol. The van der Waals surface area contributed by atoms with E-state index in [9.17, 15) is 9.46 Å². The quantitative estimate of drug-likeness (QED) is 0.555. The van der Waals surface area contributed by atoms with Gasteiger partial charge in [0, 0.05) is 25.5 Å². The first kappa shape index (κ1) is 12.9. The topological polar surface area (TPSA) is 65.0 Å². The molecule has 2 aliphatic rings. The third-order valence-corrected chi connectivity index (χ3v) is 5.21. The van der Waals surface area contributed by atoms with E-state index in [1.165, 1.54) is 6.66 Å². The van der Waals surface area contributed by atoms with Crippen LogP contribution in [-0.2, 0) is 18.6 Å². The molecule has 0 aromatic rings. The van der Waals surface area contributed by atoms with Gasteiger partial charge in [0.1, 0.15) is 19.6 Å². The maximum absolute atomic E-state index is 11.4. The first-order valence-corrected chi connectivity index (χ1v) is 8.22. The minimum atomic E-state index is -3.49. The van der Waals surface area contributed by atoms with Gasteiger partial charge in [-0.3, -0.25) is 4.57 Å². The molecule has 5 atom stereocenters. The Bertz CT molecular complexity index is 324. The van der Waals surface area contributed by atoms with Crippen molar-refractivity contribution in [3.05, 3.63) is 0 Å². The lowest BCUT2D eigenvalue weighted by Gasteiger charge is -2.30. The Morgan fingerprint density at radius 2 is 2.44 bits per heavy atom. The van der Waals surface area contributed by atoms with Gasteiger partial charge in [-0.15, -0.1) is 0 Å². The van der Waals surface area contributed by atoms with Crippen LogP contribution < -0.4 is 0 Å². The molecule has 5 nitrogen and oxygen atoms in total. The van der Waals surface area contributed by atoms with Crippen molar-refractivity contribution in [2.45, 2.75) is 23.0 Å². The van der Waals surface area contributed by atoms with Crippen LogP contribution in [0.3, 0.4) is 0 Å². The smallest absolute Gasteiger partial charge is 0.325 e. The van der Waals surface area contributed by atoms with Gasteiger partial charge in [0.2, 0.25) is 0 Å². The van der Waals surface area contributed by atoms with Crippen molar-refractivity contribution in [1.82, 2.24) is 0 Å². The molecule has 0 amide bonds. The van der Waals surface area contributed by atoms with Crippen LogP contribution in [0.5, 0.6) is 0 Å². The van der Waals surface area contributed by atoms with Crippen LogP contribution in [-0.4, -0.2) is 61.8 Å². The lowest BCUT2D eigenvalue weighted by atomic mass is 9.93. The Hall–Kier alpha value is 0.485. The minimum absolute atomic E-state index is 0.0328. The van der Waals surface area contributed by atoms with Gasteiger partial charge >= 0.3 is 7.60 Å². The molecule has 2 fully saturated rings. The molecule has 2 heterocycles. The summed E-state index contributed by atoms with van der Waals surface area (Å²) < 4.78 is 27.7. The Morgan fingerprint density at radius 1 is 1.75 bits per heavy atom. The summed E-state index contributed by atoms with van der Waals surface area (Å²) in [4.78, 5) is 9.34. The van der Waals surface area contributed by atoms with Gasteiger partial charge in [0.25, 0.3) is 0 Å². The second kappa shape index (κ2) is 4.30. The molecule has 0 radical (unpaired) electrons. The van der Waals surface area contributed by atoms with Gasteiger partial charge in [-0.1, -0.05) is 0 Å². The molecule has 2 saturated heterocycles. The summed E-state index contributed by atoms with van der Waals surface area (Å²) in [6, 6.07) is 0.0328. The average Bonchev–Trinajstić information content (AvgIpc) is 2.54. The third kappa shape index (κ3) is 2.21. The van der Waals surface area contributed by atoms with E-state index in [1.807, 2.05) is 7.85 Å². The van der Waals surface area contributed by atoms with E-state index >= 15 is 0 Å².